The second-order valence-corrected chi connectivity index (χ2v) is 5.62. The van der Waals surface area contributed by atoms with Gasteiger partial charge in [0.05, 0.1) is 6.33 Å². The number of anilines is 1. The number of rotatable bonds is 6. The summed E-state index contributed by atoms with van der Waals surface area (Å²) in [7, 11) is 3.50. The van der Waals surface area contributed by atoms with Gasteiger partial charge in [-0.3, -0.25) is 9.69 Å². The van der Waals surface area contributed by atoms with Crippen LogP contribution in [0.4, 0.5) is 5.82 Å². The van der Waals surface area contributed by atoms with E-state index >= 15 is 0 Å². The molecule has 23 heavy (non-hydrogen) atoms. The first-order valence-corrected chi connectivity index (χ1v) is 7.55. The van der Waals surface area contributed by atoms with E-state index in [9.17, 15) is 9.90 Å². The SMILES string of the molecule is CN1c2ncn(C)c2C(=O)N(CCCCCc2nn[nH]n2)C1O. The van der Waals surface area contributed by atoms with E-state index in [2.05, 4.69) is 25.6 Å². The predicted octanol–water partition coefficient (Wildman–Crippen LogP) is -0.486. The fourth-order valence-corrected chi connectivity index (χ4v) is 2.73. The Labute approximate surface area is 133 Å². The third-order valence-corrected chi connectivity index (χ3v) is 4.03. The molecule has 10 heteroatoms. The number of carbonyl (C=O) groups excluding carboxylic acids is 1. The zero-order valence-electron chi connectivity index (χ0n) is 13.2. The molecule has 2 aromatic heterocycles. The second kappa shape index (κ2) is 6.32. The van der Waals surface area contributed by atoms with Gasteiger partial charge in [0.15, 0.2) is 17.3 Å². The third kappa shape index (κ3) is 2.89. The molecule has 0 spiro atoms. The van der Waals surface area contributed by atoms with Crippen molar-refractivity contribution in [3.05, 3.63) is 17.8 Å². The minimum absolute atomic E-state index is 0.191. The highest BCUT2D eigenvalue weighted by atomic mass is 16.3. The first-order chi connectivity index (χ1) is 11.1. The topological polar surface area (TPSA) is 116 Å². The Hall–Kier alpha value is -2.49. The summed E-state index contributed by atoms with van der Waals surface area (Å²) in [5.41, 5.74) is 0.504. The Morgan fingerprint density at radius 2 is 2.13 bits per heavy atom. The summed E-state index contributed by atoms with van der Waals surface area (Å²) in [6.07, 6.45) is 3.96. The van der Waals surface area contributed by atoms with Crippen LogP contribution in [0.1, 0.15) is 35.6 Å². The lowest BCUT2D eigenvalue weighted by molar-refractivity contribution is 0.00249. The fourth-order valence-electron chi connectivity index (χ4n) is 2.73. The van der Waals surface area contributed by atoms with E-state index in [1.54, 1.807) is 29.9 Å². The number of H-pyrrole nitrogens is 1. The van der Waals surface area contributed by atoms with E-state index in [1.807, 2.05) is 0 Å². The van der Waals surface area contributed by atoms with Crippen molar-refractivity contribution >= 4 is 11.7 Å². The summed E-state index contributed by atoms with van der Waals surface area (Å²) in [5, 5.41) is 24.0. The van der Waals surface area contributed by atoms with Crippen molar-refractivity contribution in [1.82, 2.24) is 35.1 Å². The van der Waals surface area contributed by atoms with E-state index in [4.69, 9.17) is 0 Å². The number of hydrogen-bond acceptors (Lipinski definition) is 7. The molecule has 1 aliphatic rings. The number of carbonyl (C=O) groups is 1. The molecule has 2 aromatic rings. The lowest BCUT2D eigenvalue weighted by atomic mass is 10.1. The molecule has 1 aliphatic heterocycles. The molecule has 10 nitrogen and oxygen atoms in total. The summed E-state index contributed by atoms with van der Waals surface area (Å²) < 4.78 is 1.68. The number of tetrazole rings is 1. The summed E-state index contributed by atoms with van der Waals surface area (Å²) in [4.78, 5) is 19.8. The van der Waals surface area contributed by atoms with Crippen molar-refractivity contribution < 1.29 is 9.90 Å². The van der Waals surface area contributed by atoms with Gasteiger partial charge in [0, 0.05) is 27.1 Å². The first-order valence-electron chi connectivity index (χ1n) is 7.55. The van der Waals surface area contributed by atoms with Crippen LogP contribution in [-0.4, -0.2) is 66.0 Å². The van der Waals surface area contributed by atoms with Crippen LogP contribution >= 0.6 is 0 Å². The lowest BCUT2D eigenvalue weighted by Gasteiger charge is -2.38. The number of imidazole rings is 1. The van der Waals surface area contributed by atoms with Crippen molar-refractivity contribution in [3.63, 3.8) is 0 Å². The van der Waals surface area contributed by atoms with Crippen molar-refractivity contribution in [2.24, 2.45) is 7.05 Å². The lowest BCUT2D eigenvalue weighted by Crippen LogP contribution is -2.54. The van der Waals surface area contributed by atoms with Gasteiger partial charge in [-0.2, -0.15) is 5.21 Å². The summed E-state index contributed by atoms with van der Waals surface area (Å²) >= 11 is 0. The zero-order valence-corrected chi connectivity index (χ0v) is 13.2. The molecule has 1 amide bonds. The normalized spacial score (nSPS) is 17.7. The van der Waals surface area contributed by atoms with E-state index in [-0.39, 0.29) is 5.91 Å². The molecule has 1 unspecified atom stereocenters. The quantitative estimate of drug-likeness (QED) is 0.690. The molecule has 0 aromatic carbocycles. The number of amides is 1. The van der Waals surface area contributed by atoms with Crippen LogP contribution in [-0.2, 0) is 13.5 Å². The predicted molar refractivity (Wildman–Crippen MR) is 80.4 cm³/mol. The highest BCUT2D eigenvalue weighted by Gasteiger charge is 2.37. The Morgan fingerprint density at radius 1 is 1.30 bits per heavy atom. The van der Waals surface area contributed by atoms with Crippen LogP contribution in [0.15, 0.2) is 6.33 Å². The highest BCUT2D eigenvalue weighted by Crippen LogP contribution is 2.27. The summed E-state index contributed by atoms with van der Waals surface area (Å²) in [6.45, 7) is 0.487. The number of aromatic nitrogens is 6. The molecular formula is C13H20N8O2. The zero-order chi connectivity index (χ0) is 16.4. The molecule has 3 heterocycles. The van der Waals surface area contributed by atoms with Crippen LogP contribution in [0.3, 0.4) is 0 Å². The summed E-state index contributed by atoms with van der Waals surface area (Å²) in [6, 6.07) is 0. The number of unbranched alkanes of at least 4 members (excludes halogenated alkanes) is 2. The number of aliphatic hydroxyl groups excluding tert-OH is 1. The standard InChI is InChI=1S/C13H20N8O2/c1-19-8-14-11-10(19)12(22)21(13(23)20(11)2)7-5-3-4-6-9-15-17-18-16-9/h8,13,23H,3-7H2,1-2H3,(H,15,16,17,18). The van der Waals surface area contributed by atoms with Gasteiger partial charge >= 0.3 is 0 Å². The van der Waals surface area contributed by atoms with Crippen LogP contribution < -0.4 is 4.90 Å². The van der Waals surface area contributed by atoms with Crippen LogP contribution in [0, 0.1) is 0 Å². The Bertz CT molecular complexity index is 668. The second-order valence-electron chi connectivity index (χ2n) is 5.62. The van der Waals surface area contributed by atoms with Gasteiger partial charge in [0.25, 0.3) is 5.91 Å². The number of nitrogens with one attached hydrogen (secondary N) is 1. The maximum Gasteiger partial charge on any atom is 0.277 e. The van der Waals surface area contributed by atoms with E-state index in [0.717, 1.165) is 25.7 Å². The highest BCUT2D eigenvalue weighted by molar-refractivity contribution is 5.99. The smallest absolute Gasteiger partial charge is 0.277 e. The van der Waals surface area contributed by atoms with Crippen LogP contribution in [0.25, 0.3) is 0 Å². The number of aryl methyl sites for hydroxylation is 2. The molecule has 0 saturated heterocycles. The molecule has 3 rings (SSSR count). The molecule has 124 valence electrons. The first kappa shape index (κ1) is 15.4. The molecule has 0 bridgehead atoms. The Kier molecular flexibility index (Phi) is 4.24. The maximum atomic E-state index is 12.6. The molecule has 2 N–H and O–H groups in total. The molecular weight excluding hydrogens is 300 g/mol. The van der Waals surface area contributed by atoms with Gasteiger partial charge in [0.1, 0.15) is 0 Å². The molecule has 0 radical (unpaired) electrons. The van der Waals surface area contributed by atoms with Gasteiger partial charge in [-0.05, 0) is 12.8 Å². The van der Waals surface area contributed by atoms with Gasteiger partial charge in [0.2, 0.25) is 6.35 Å². The number of aromatic amines is 1. The van der Waals surface area contributed by atoms with Gasteiger partial charge in [-0.25, -0.2) is 4.98 Å². The van der Waals surface area contributed by atoms with Crippen molar-refractivity contribution in [2.45, 2.75) is 32.0 Å². The van der Waals surface area contributed by atoms with Crippen molar-refractivity contribution in [2.75, 3.05) is 18.5 Å². The van der Waals surface area contributed by atoms with E-state index in [0.29, 0.717) is 23.9 Å². The Morgan fingerprint density at radius 3 is 2.87 bits per heavy atom. The average Bonchev–Trinajstić information content (AvgIpc) is 3.17. The largest absolute Gasteiger partial charge is 0.356 e. The number of nitrogens with zero attached hydrogens (tertiary/aromatic N) is 7. The molecule has 1 atom stereocenters. The van der Waals surface area contributed by atoms with Gasteiger partial charge in [-0.15, -0.1) is 10.2 Å². The maximum absolute atomic E-state index is 12.6. The van der Waals surface area contributed by atoms with Gasteiger partial charge < -0.3 is 14.6 Å². The molecule has 0 fully saturated rings. The number of hydrogen-bond donors (Lipinski definition) is 2. The minimum Gasteiger partial charge on any atom is -0.356 e. The fraction of sp³-hybridized carbons (Fsp3) is 0.615. The monoisotopic (exact) mass is 320 g/mol. The minimum atomic E-state index is -0.984. The molecule has 0 saturated carbocycles. The van der Waals surface area contributed by atoms with E-state index < -0.39 is 6.35 Å². The van der Waals surface area contributed by atoms with Crippen molar-refractivity contribution in [3.8, 4) is 0 Å². The van der Waals surface area contributed by atoms with E-state index in [1.165, 1.54) is 4.90 Å². The Balaban J connectivity index is 1.55. The number of aliphatic hydroxyl groups is 1. The van der Waals surface area contributed by atoms with Crippen molar-refractivity contribution in [1.29, 1.82) is 0 Å². The van der Waals surface area contributed by atoms with Gasteiger partial charge in [-0.1, -0.05) is 11.6 Å². The third-order valence-electron chi connectivity index (χ3n) is 4.03. The molecule has 0 aliphatic carbocycles. The van der Waals surface area contributed by atoms with Crippen LogP contribution in [0.2, 0.25) is 0 Å². The van der Waals surface area contributed by atoms with Crippen LogP contribution in [0.5, 0.6) is 0 Å². The number of fused-ring (bicyclic) bond motifs is 1. The summed E-state index contributed by atoms with van der Waals surface area (Å²) in [5.74, 6) is 1.01. The average molecular weight is 320 g/mol.